The van der Waals surface area contributed by atoms with Crippen molar-refractivity contribution in [2.24, 2.45) is 0 Å². The Bertz CT molecular complexity index is 1230. The standard InChI is InChI=1S/C21H19Cl2N5O4S/c1-11-6-12(22)7-14(20(29)24-2)18(11)26-21(30)16-8-17(32-13-9-33(31)10-13)27-28(16)19-15(23)4-3-5-25-19/h3-8,13H,9-10H2,1-2H3,(H,24,29)(H,26,30). The molecule has 33 heavy (non-hydrogen) atoms. The van der Waals surface area contributed by atoms with Gasteiger partial charge in [-0.1, -0.05) is 23.2 Å². The highest BCUT2D eigenvalue weighted by atomic mass is 35.5. The smallest absolute Gasteiger partial charge is 0.274 e. The molecule has 1 aromatic carbocycles. The Kier molecular flexibility index (Phi) is 6.80. The molecule has 2 N–H and O–H groups in total. The molecule has 9 nitrogen and oxygen atoms in total. The molecule has 0 atom stereocenters. The van der Waals surface area contributed by atoms with Crippen LogP contribution in [0.25, 0.3) is 5.82 Å². The lowest BCUT2D eigenvalue weighted by atomic mass is 10.1. The normalized spacial score (nSPS) is 17.2. The number of carbonyl (C=O) groups is 2. The topological polar surface area (TPSA) is 121 Å². The third-order valence-corrected chi connectivity index (χ3v) is 6.90. The molecule has 2 amide bonds. The van der Waals surface area contributed by atoms with Crippen molar-refractivity contribution in [2.75, 3.05) is 23.9 Å². The van der Waals surface area contributed by atoms with Crippen molar-refractivity contribution in [3.63, 3.8) is 0 Å². The first-order chi connectivity index (χ1) is 15.8. The second kappa shape index (κ2) is 9.60. The van der Waals surface area contributed by atoms with Crippen LogP contribution in [-0.4, -0.2) is 55.8 Å². The minimum atomic E-state index is -0.903. The van der Waals surface area contributed by atoms with Gasteiger partial charge in [0.1, 0.15) is 17.2 Å². The van der Waals surface area contributed by atoms with Crippen LogP contribution in [0.4, 0.5) is 5.69 Å². The fourth-order valence-electron chi connectivity index (χ4n) is 3.28. The van der Waals surface area contributed by atoms with Crippen LogP contribution in [0.2, 0.25) is 10.0 Å². The van der Waals surface area contributed by atoms with Gasteiger partial charge in [0, 0.05) is 24.3 Å². The molecule has 0 saturated carbocycles. The van der Waals surface area contributed by atoms with Gasteiger partial charge in [0.05, 0.1) is 16.3 Å². The minimum absolute atomic E-state index is 0.0863. The maximum absolute atomic E-state index is 13.3. The van der Waals surface area contributed by atoms with Crippen LogP contribution >= 0.6 is 23.2 Å². The molecule has 1 aliphatic rings. The van der Waals surface area contributed by atoms with Crippen LogP contribution in [0.5, 0.6) is 5.88 Å². The zero-order valence-corrected chi connectivity index (χ0v) is 19.9. The highest BCUT2D eigenvalue weighted by Crippen LogP contribution is 2.28. The predicted octanol–water partition coefficient (Wildman–Crippen LogP) is 3.00. The highest BCUT2D eigenvalue weighted by Gasteiger charge is 2.35. The van der Waals surface area contributed by atoms with E-state index in [0.29, 0.717) is 27.8 Å². The number of carbonyl (C=O) groups excluding carboxylic acids is 2. The van der Waals surface area contributed by atoms with E-state index < -0.39 is 23.0 Å². The molecule has 0 unspecified atom stereocenters. The number of nitrogens with zero attached hydrogens (tertiary/aromatic N) is 3. The van der Waals surface area contributed by atoms with E-state index >= 15 is 0 Å². The summed E-state index contributed by atoms with van der Waals surface area (Å²) >= 11 is 11.5. The Morgan fingerprint density at radius 2 is 2.00 bits per heavy atom. The zero-order valence-electron chi connectivity index (χ0n) is 17.6. The van der Waals surface area contributed by atoms with Gasteiger partial charge in [-0.2, -0.15) is 0 Å². The number of anilines is 1. The molecular formula is C21H19Cl2N5O4S. The first-order valence-corrected chi connectivity index (χ1v) is 12.1. The van der Waals surface area contributed by atoms with Crippen molar-refractivity contribution >= 4 is 51.9 Å². The summed E-state index contributed by atoms with van der Waals surface area (Å²) in [5, 5.41) is 10.3. The van der Waals surface area contributed by atoms with Crippen LogP contribution in [0, 0.1) is 6.92 Å². The summed E-state index contributed by atoms with van der Waals surface area (Å²) in [6, 6.07) is 7.84. The molecule has 0 aliphatic carbocycles. The molecule has 0 radical (unpaired) electrons. The number of benzene rings is 1. The van der Waals surface area contributed by atoms with Crippen molar-refractivity contribution in [3.05, 3.63) is 63.4 Å². The monoisotopic (exact) mass is 507 g/mol. The number of amides is 2. The van der Waals surface area contributed by atoms with E-state index in [1.165, 1.54) is 30.1 Å². The summed E-state index contributed by atoms with van der Waals surface area (Å²) in [6.07, 6.45) is 1.27. The van der Waals surface area contributed by atoms with Crippen molar-refractivity contribution in [3.8, 4) is 11.7 Å². The van der Waals surface area contributed by atoms with Gasteiger partial charge in [0.2, 0.25) is 5.88 Å². The molecule has 0 spiro atoms. The first-order valence-electron chi connectivity index (χ1n) is 9.83. The molecule has 12 heteroatoms. The van der Waals surface area contributed by atoms with Gasteiger partial charge in [-0.15, -0.1) is 5.10 Å². The fraction of sp³-hybridized carbons (Fsp3) is 0.238. The van der Waals surface area contributed by atoms with Crippen LogP contribution < -0.4 is 15.4 Å². The lowest BCUT2D eigenvalue weighted by Crippen LogP contribution is -2.45. The number of rotatable bonds is 6. The number of halogens is 2. The van der Waals surface area contributed by atoms with E-state index in [2.05, 4.69) is 20.7 Å². The van der Waals surface area contributed by atoms with Gasteiger partial charge in [-0.05, 0) is 47.9 Å². The van der Waals surface area contributed by atoms with Crippen molar-refractivity contribution in [2.45, 2.75) is 13.0 Å². The zero-order chi connectivity index (χ0) is 23.7. The largest absolute Gasteiger partial charge is 0.616 e. The molecule has 0 bridgehead atoms. The van der Waals surface area contributed by atoms with Gasteiger partial charge < -0.3 is 19.9 Å². The second-order valence-electron chi connectivity index (χ2n) is 7.28. The first kappa shape index (κ1) is 23.4. The number of aromatic nitrogens is 3. The van der Waals surface area contributed by atoms with E-state index in [1.807, 2.05) is 0 Å². The predicted molar refractivity (Wildman–Crippen MR) is 126 cm³/mol. The lowest BCUT2D eigenvalue weighted by Gasteiger charge is -2.27. The number of pyridine rings is 1. The minimum Gasteiger partial charge on any atom is -0.616 e. The number of nitrogens with one attached hydrogen (secondary N) is 2. The number of hydrogen-bond donors (Lipinski definition) is 2. The van der Waals surface area contributed by atoms with Crippen molar-refractivity contribution in [1.29, 1.82) is 0 Å². The van der Waals surface area contributed by atoms with Crippen LogP contribution in [0.15, 0.2) is 36.5 Å². The molecule has 2 aromatic heterocycles. The van der Waals surface area contributed by atoms with E-state index in [0.717, 1.165) is 0 Å². The Morgan fingerprint density at radius 1 is 1.24 bits per heavy atom. The van der Waals surface area contributed by atoms with E-state index in [1.54, 1.807) is 25.1 Å². The molecule has 1 saturated heterocycles. The second-order valence-corrected chi connectivity index (χ2v) is 9.67. The Morgan fingerprint density at radius 3 is 2.67 bits per heavy atom. The van der Waals surface area contributed by atoms with E-state index in [9.17, 15) is 14.1 Å². The Labute approximate surface area is 202 Å². The Balaban J connectivity index is 1.72. The molecule has 1 aliphatic heterocycles. The Hall–Kier alpha value is -2.79. The summed E-state index contributed by atoms with van der Waals surface area (Å²) in [5.74, 6) is 0.237. The third-order valence-electron chi connectivity index (χ3n) is 4.90. The van der Waals surface area contributed by atoms with Gasteiger partial charge in [0.25, 0.3) is 11.8 Å². The summed E-state index contributed by atoms with van der Waals surface area (Å²) in [5.41, 5.74) is 1.21. The summed E-state index contributed by atoms with van der Waals surface area (Å²) in [6.45, 7) is 1.73. The number of ether oxygens (including phenoxy) is 1. The molecule has 3 heterocycles. The van der Waals surface area contributed by atoms with E-state index in [-0.39, 0.29) is 34.1 Å². The fourth-order valence-corrected chi connectivity index (χ4v) is 4.62. The lowest BCUT2D eigenvalue weighted by molar-refractivity contribution is 0.0964. The van der Waals surface area contributed by atoms with Crippen LogP contribution in [0.3, 0.4) is 0 Å². The highest BCUT2D eigenvalue weighted by molar-refractivity contribution is 7.92. The van der Waals surface area contributed by atoms with Gasteiger partial charge in [-0.3, -0.25) is 9.59 Å². The maximum Gasteiger partial charge on any atom is 0.274 e. The number of hydrogen-bond acceptors (Lipinski definition) is 6. The third kappa shape index (κ3) is 4.93. The molecule has 1 fully saturated rings. The van der Waals surface area contributed by atoms with Crippen molar-refractivity contribution < 1.29 is 18.9 Å². The summed E-state index contributed by atoms with van der Waals surface area (Å²) in [4.78, 5) is 29.9. The average Bonchev–Trinajstić information content (AvgIpc) is 3.17. The maximum atomic E-state index is 13.3. The van der Waals surface area contributed by atoms with Gasteiger partial charge >= 0.3 is 0 Å². The average molecular weight is 508 g/mol. The molecular weight excluding hydrogens is 489 g/mol. The quantitative estimate of drug-likeness (QED) is 0.494. The van der Waals surface area contributed by atoms with E-state index in [4.69, 9.17) is 27.9 Å². The molecule has 4 rings (SSSR count). The van der Waals surface area contributed by atoms with Gasteiger partial charge in [-0.25, -0.2) is 9.67 Å². The number of aryl methyl sites for hydroxylation is 1. The van der Waals surface area contributed by atoms with Crippen LogP contribution in [-0.2, 0) is 11.2 Å². The van der Waals surface area contributed by atoms with Crippen LogP contribution in [0.1, 0.15) is 26.4 Å². The SMILES string of the molecule is CNC(=O)c1cc(Cl)cc(C)c1NC(=O)c1cc(OC2C[S+]([O-])C2)nn1-c1ncccc1Cl. The molecule has 3 aromatic rings. The van der Waals surface area contributed by atoms with Crippen molar-refractivity contribution in [1.82, 2.24) is 20.1 Å². The summed E-state index contributed by atoms with van der Waals surface area (Å²) in [7, 11) is 1.49. The van der Waals surface area contributed by atoms with Gasteiger partial charge in [0.15, 0.2) is 11.9 Å². The summed E-state index contributed by atoms with van der Waals surface area (Å²) < 4.78 is 18.4. The molecule has 172 valence electrons.